The lowest BCUT2D eigenvalue weighted by Gasteiger charge is -2.22. The molecule has 196 valence electrons. The number of hydrogen-bond acceptors (Lipinski definition) is 6. The summed E-state index contributed by atoms with van der Waals surface area (Å²) in [5.41, 5.74) is 15.9. The van der Waals surface area contributed by atoms with Crippen molar-refractivity contribution in [3.63, 3.8) is 0 Å². The maximum Gasteiger partial charge on any atom is 0.242 e. The van der Waals surface area contributed by atoms with Gasteiger partial charge in [-0.15, -0.1) is 0 Å². The lowest BCUT2D eigenvalue weighted by Crippen LogP contribution is -2.49. The van der Waals surface area contributed by atoms with Crippen LogP contribution in [0.5, 0.6) is 5.75 Å². The van der Waals surface area contributed by atoms with Crippen molar-refractivity contribution in [3.05, 3.63) is 99.6 Å². The Bertz CT molecular complexity index is 1330. The average molecular weight is 517 g/mol. The third-order valence-corrected chi connectivity index (χ3v) is 6.48. The summed E-state index contributed by atoms with van der Waals surface area (Å²) in [5.74, 6) is -1.69. The van der Waals surface area contributed by atoms with Gasteiger partial charge in [-0.2, -0.15) is 0 Å². The highest BCUT2D eigenvalue weighted by Crippen LogP contribution is 2.44. The summed E-state index contributed by atoms with van der Waals surface area (Å²) in [6.45, 7) is 0.164. The molecule has 0 aromatic heterocycles. The van der Waals surface area contributed by atoms with Gasteiger partial charge in [0.15, 0.2) is 10.9 Å². The number of nitrogens with two attached hydrogens (primary N) is 2. The molecule has 0 aliphatic heterocycles. The topological polar surface area (TPSA) is 186 Å². The third kappa shape index (κ3) is 5.95. The molecule has 11 nitrogen and oxygen atoms in total. The van der Waals surface area contributed by atoms with Gasteiger partial charge < -0.3 is 27.2 Å². The molecular formula is C27H28N6O5. The Morgan fingerprint density at radius 3 is 2.13 bits per heavy atom. The van der Waals surface area contributed by atoms with Crippen molar-refractivity contribution in [2.75, 3.05) is 0 Å². The largest absolute Gasteiger partial charge is 0.508 e. The molecule has 38 heavy (non-hydrogen) atoms. The van der Waals surface area contributed by atoms with E-state index in [0.717, 1.165) is 27.8 Å². The number of phenols is 1. The van der Waals surface area contributed by atoms with Gasteiger partial charge in [-0.3, -0.25) is 9.59 Å². The van der Waals surface area contributed by atoms with Crippen LogP contribution in [0, 0.1) is 10.1 Å². The van der Waals surface area contributed by atoms with Gasteiger partial charge in [0.1, 0.15) is 11.8 Å². The van der Waals surface area contributed by atoms with Crippen LogP contribution in [-0.4, -0.2) is 39.9 Å². The number of hydrogen-bond donors (Lipinski definition) is 5. The number of rotatable bonds is 10. The summed E-state index contributed by atoms with van der Waals surface area (Å²) in [6, 6.07) is 19.6. The van der Waals surface area contributed by atoms with E-state index in [-0.39, 0.29) is 36.9 Å². The third-order valence-electron chi connectivity index (χ3n) is 6.48. The van der Waals surface area contributed by atoms with Crippen LogP contribution in [-0.2, 0) is 16.1 Å². The number of nitrogens with one attached hydrogen (secondary N) is 2. The summed E-state index contributed by atoms with van der Waals surface area (Å²) < 4.78 is 0. The maximum absolute atomic E-state index is 13.6. The van der Waals surface area contributed by atoms with E-state index in [2.05, 4.69) is 15.7 Å². The zero-order valence-electron chi connectivity index (χ0n) is 20.4. The van der Waals surface area contributed by atoms with E-state index in [1.54, 1.807) is 12.1 Å². The van der Waals surface area contributed by atoms with Crippen LogP contribution in [0.4, 0.5) is 0 Å². The molecule has 0 spiro atoms. The molecule has 2 amide bonds. The quantitative estimate of drug-likeness (QED) is 0.118. The molecule has 0 heterocycles. The summed E-state index contributed by atoms with van der Waals surface area (Å²) in [4.78, 5) is 37.5. The second-order valence-corrected chi connectivity index (χ2v) is 9.00. The standard InChI is InChI=1S/C27H28N6O5/c28-22(25(29)32-33(37)38)13-14-23(26(35)30-15-16-9-11-17(34)12-10-16)31-27(36)24-20-7-3-1-5-18(20)19-6-2-4-8-21(19)24/h1-12,22-24,34H,13-15,28H2,(H2,29,32)(H,30,35)(H,31,36). The Kier molecular flexibility index (Phi) is 7.97. The first-order valence-corrected chi connectivity index (χ1v) is 12.0. The molecular weight excluding hydrogens is 488 g/mol. The number of aromatic hydroxyl groups is 1. The van der Waals surface area contributed by atoms with Crippen LogP contribution < -0.4 is 22.1 Å². The number of phenolic OH excluding ortho intramolecular Hbond substituents is 1. The minimum atomic E-state index is -0.992. The smallest absolute Gasteiger partial charge is 0.242 e. The second kappa shape index (κ2) is 11.5. The van der Waals surface area contributed by atoms with E-state index in [1.165, 1.54) is 12.1 Å². The van der Waals surface area contributed by atoms with E-state index in [0.29, 0.717) is 0 Å². The molecule has 2 unspecified atom stereocenters. The normalized spacial score (nSPS) is 14.2. The highest BCUT2D eigenvalue weighted by Gasteiger charge is 2.35. The summed E-state index contributed by atoms with van der Waals surface area (Å²) in [7, 11) is 0. The van der Waals surface area contributed by atoms with Crippen LogP contribution in [0.1, 0.15) is 35.4 Å². The van der Waals surface area contributed by atoms with Crippen LogP contribution >= 0.6 is 0 Å². The first kappa shape index (κ1) is 26.3. The highest BCUT2D eigenvalue weighted by molar-refractivity contribution is 5.98. The van der Waals surface area contributed by atoms with E-state index in [4.69, 9.17) is 11.5 Å². The zero-order chi connectivity index (χ0) is 27.2. The predicted molar refractivity (Wildman–Crippen MR) is 141 cm³/mol. The fraction of sp³-hybridized carbons (Fsp3) is 0.222. The van der Waals surface area contributed by atoms with Gasteiger partial charge in [0.25, 0.3) is 0 Å². The van der Waals surface area contributed by atoms with E-state index < -0.39 is 28.9 Å². The number of hydrazone groups is 1. The summed E-state index contributed by atoms with van der Waals surface area (Å²) in [5, 5.41) is 27.9. The number of benzene rings is 3. The molecule has 0 saturated heterocycles. The Morgan fingerprint density at radius 1 is 0.974 bits per heavy atom. The Hall–Kier alpha value is -4.77. The predicted octanol–water partition coefficient (Wildman–Crippen LogP) is 1.96. The van der Waals surface area contributed by atoms with Crippen molar-refractivity contribution in [1.29, 1.82) is 0 Å². The van der Waals surface area contributed by atoms with Crippen molar-refractivity contribution in [1.82, 2.24) is 10.6 Å². The molecule has 3 aromatic rings. The lowest BCUT2D eigenvalue weighted by molar-refractivity contribution is -0.485. The molecule has 3 aromatic carbocycles. The molecule has 2 atom stereocenters. The molecule has 7 N–H and O–H groups in total. The first-order chi connectivity index (χ1) is 18.2. The molecule has 4 rings (SSSR count). The Balaban J connectivity index is 1.53. The molecule has 0 radical (unpaired) electrons. The number of fused-ring (bicyclic) bond motifs is 3. The fourth-order valence-corrected chi connectivity index (χ4v) is 4.55. The Labute approximate surface area is 218 Å². The summed E-state index contributed by atoms with van der Waals surface area (Å²) in [6.07, 6.45) is 0.136. The van der Waals surface area contributed by atoms with Crippen molar-refractivity contribution < 1.29 is 19.7 Å². The van der Waals surface area contributed by atoms with E-state index in [9.17, 15) is 24.8 Å². The summed E-state index contributed by atoms with van der Waals surface area (Å²) >= 11 is 0. The van der Waals surface area contributed by atoms with Gasteiger partial charge in [0, 0.05) is 6.54 Å². The maximum atomic E-state index is 13.6. The molecule has 1 aliphatic rings. The van der Waals surface area contributed by atoms with Crippen LogP contribution in [0.15, 0.2) is 77.9 Å². The van der Waals surface area contributed by atoms with Crippen molar-refractivity contribution in [2.24, 2.45) is 16.6 Å². The van der Waals surface area contributed by atoms with Gasteiger partial charge in [0.05, 0.1) is 17.1 Å². The molecule has 11 heteroatoms. The molecule has 0 fully saturated rings. The van der Waals surface area contributed by atoms with Crippen LogP contribution in [0.25, 0.3) is 11.1 Å². The zero-order valence-corrected chi connectivity index (χ0v) is 20.4. The molecule has 0 saturated carbocycles. The lowest BCUT2D eigenvalue weighted by atomic mass is 9.95. The van der Waals surface area contributed by atoms with Crippen molar-refractivity contribution in [2.45, 2.75) is 37.4 Å². The number of amidine groups is 1. The Morgan fingerprint density at radius 2 is 1.55 bits per heavy atom. The van der Waals surface area contributed by atoms with Gasteiger partial charge in [0.2, 0.25) is 11.8 Å². The number of amides is 2. The van der Waals surface area contributed by atoms with Gasteiger partial charge in [-0.25, -0.2) is 10.1 Å². The number of carbonyl (C=O) groups excluding carboxylic acids is 2. The van der Waals surface area contributed by atoms with Crippen molar-refractivity contribution >= 4 is 17.6 Å². The van der Waals surface area contributed by atoms with Gasteiger partial charge in [-0.05, 0) is 52.8 Å². The van der Waals surface area contributed by atoms with Gasteiger partial charge in [-0.1, -0.05) is 60.7 Å². The first-order valence-electron chi connectivity index (χ1n) is 12.0. The van der Waals surface area contributed by atoms with Crippen LogP contribution in [0.2, 0.25) is 0 Å². The second-order valence-electron chi connectivity index (χ2n) is 9.00. The number of carbonyl (C=O) groups is 2. The minimum Gasteiger partial charge on any atom is -0.508 e. The van der Waals surface area contributed by atoms with Crippen molar-refractivity contribution in [3.8, 4) is 16.9 Å². The molecule has 1 aliphatic carbocycles. The van der Waals surface area contributed by atoms with Crippen LogP contribution in [0.3, 0.4) is 0 Å². The fourth-order valence-electron chi connectivity index (χ4n) is 4.55. The van der Waals surface area contributed by atoms with E-state index >= 15 is 0 Å². The number of nitro groups is 1. The number of nitrogens with zero attached hydrogens (tertiary/aromatic N) is 2. The highest BCUT2D eigenvalue weighted by atomic mass is 16.7. The molecule has 0 bridgehead atoms. The minimum absolute atomic E-state index is 0.0677. The monoisotopic (exact) mass is 516 g/mol. The van der Waals surface area contributed by atoms with Gasteiger partial charge >= 0.3 is 0 Å². The average Bonchev–Trinajstić information content (AvgIpc) is 3.24. The SMILES string of the molecule is N/C(=N/[N+](=O)[O-])C(N)CCC(NC(=O)C1c2ccccc2-c2ccccc21)C(=O)NCc1ccc(O)cc1. The van der Waals surface area contributed by atoms with E-state index in [1.807, 2.05) is 48.5 Å².